The van der Waals surface area contributed by atoms with E-state index in [9.17, 15) is 9.59 Å². The lowest BCUT2D eigenvalue weighted by Gasteiger charge is -2.09. The molecule has 0 atom stereocenters. The quantitative estimate of drug-likeness (QED) is 0.492. The standard InChI is InChI=1S/C18H12N4O2S3/c23-15(20-18-22-21-17(27-18)11-7-9-25-10-11)12-4-1-2-5-13(12)19-16(24)14-6-3-8-26-14/h1-10H,(H,19,24)(H,20,22,23). The molecule has 0 saturated heterocycles. The van der Waals surface area contributed by atoms with Crippen molar-refractivity contribution in [1.29, 1.82) is 0 Å². The molecule has 0 aliphatic carbocycles. The average Bonchev–Trinajstić information content (AvgIpc) is 3.43. The van der Waals surface area contributed by atoms with Gasteiger partial charge in [-0.2, -0.15) is 11.3 Å². The SMILES string of the molecule is O=C(Nc1ccccc1C(=O)Nc1nnc(-c2ccsc2)s1)c1cccs1. The molecular formula is C18H12N4O2S3. The van der Waals surface area contributed by atoms with Crippen LogP contribution in [0.15, 0.2) is 58.6 Å². The average molecular weight is 413 g/mol. The number of nitrogens with one attached hydrogen (secondary N) is 2. The molecule has 0 aliphatic heterocycles. The molecule has 0 saturated carbocycles. The monoisotopic (exact) mass is 412 g/mol. The molecule has 0 aliphatic rings. The zero-order valence-electron chi connectivity index (χ0n) is 13.7. The number of hydrogen-bond donors (Lipinski definition) is 2. The Labute approximate surface area is 166 Å². The Morgan fingerprint density at radius 2 is 1.78 bits per heavy atom. The fourth-order valence-electron chi connectivity index (χ4n) is 2.32. The third-order valence-corrected chi connectivity index (χ3v) is 6.02. The van der Waals surface area contributed by atoms with Crippen LogP contribution in [-0.4, -0.2) is 22.0 Å². The third kappa shape index (κ3) is 3.95. The Hall–Kier alpha value is -2.88. The van der Waals surface area contributed by atoms with Gasteiger partial charge in [0.15, 0.2) is 0 Å². The second-order valence-corrected chi connectivity index (χ2v) is 8.06. The van der Waals surface area contributed by atoms with Gasteiger partial charge in [0.25, 0.3) is 11.8 Å². The Bertz CT molecular complexity index is 1070. The molecule has 27 heavy (non-hydrogen) atoms. The lowest BCUT2D eigenvalue weighted by Crippen LogP contribution is -2.17. The lowest BCUT2D eigenvalue weighted by atomic mass is 10.1. The van der Waals surface area contributed by atoms with Crippen LogP contribution in [0.1, 0.15) is 20.0 Å². The van der Waals surface area contributed by atoms with E-state index in [4.69, 9.17) is 0 Å². The van der Waals surface area contributed by atoms with Crippen molar-refractivity contribution in [1.82, 2.24) is 10.2 Å². The highest BCUT2D eigenvalue weighted by Gasteiger charge is 2.16. The van der Waals surface area contributed by atoms with Crippen LogP contribution >= 0.6 is 34.0 Å². The van der Waals surface area contributed by atoms with E-state index < -0.39 is 0 Å². The third-order valence-electron chi connectivity index (χ3n) is 3.58. The summed E-state index contributed by atoms with van der Waals surface area (Å²) in [6.07, 6.45) is 0. The second kappa shape index (κ2) is 7.78. The van der Waals surface area contributed by atoms with Gasteiger partial charge in [-0.1, -0.05) is 29.5 Å². The number of thiophene rings is 2. The van der Waals surface area contributed by atoms with Crippen LogP contribution in [-0.2, 0) is 0 Å². The molecule has 1 aromatic carbocycles. The van der Waals surface area contributed by atoms with Crippen LogP contribution in [0, 0.1) is 0 Å². The molecule has 0 unspecified atom stereocenters. The van der Waals surface area contributed by atoms with Gasteiger partial charge in [-0.05, 0) is 35.0 Å². The summed E-state index contributed by atoms with van der Waals surface area (Å²) < 4.78 is 0. The van der Waals surface area contributed by atoms with Gasteiger partial charge in [-0.3, -0.25) is 14.9 Å². The van der Waals surface area contributed by atoms with Gasteiger partial charge in [0, 0.05) is 10.9 Å². The van der Waals surface area contributed by atoms with Crippen molar-refractivity contribution < 1.29 is 9.59 Å². The summed E-state index contributed by atoms with van der Waals surface area (Å²) in [5.74, 6) is -0.606. The zero-order valence-corrected chi connectivity index (χ0v) is 16.2. The molecule has 2 amide bonds. The van der Waals surface area contributed by atoms with E-state index in [0.717, 1.165) is 10.6 Å². The summed E-state index contributed by atoms with van der Waals surface area (Å²) in [5.41, 5.74) is 1.77. The first kappa shape index (κ1) is 17.5. The van der Waals surface area contributed by atoms with E-state index in [0.29, 0.717) is 21.3 Å². The molecule has 3 heterocycles. The molecule has 2 N–H and O–H groups in total. The number of carbonyl (C=O) groups excluding carboxylic acids is 2. The van der Waals surface area contributed by atoms with Crippen LogP contribution in [0.3, 0.4) is 0 Å². The molecule has 0 spiro atoms. The number of hydrogen-bond acceptors (Lipinski definition) is 7. The predicted octanol–water partition coefficient (Wildman–Crippen LogP) is 4.83. The van der Waals surface area contributed by atoms with Crippen molar-refractivity contribution in [2.45, 2.75) is 0 Å². The molecule has 4 rings (SSSR count). The molecular weight excluding hydrogens is 400 g/mol. The molecule has 0 bridgehead atoms. The van der Waals surface area contributed by atoms with Crippen LogP contribution in [0.2, 0.25) is 0 Å². The summed E-state index contributed by atoms with van der Waals surface area (Å²) in [5, 5.41) is 20.6. The normalized spacial score (nSPS) is 10.5. The molecule has 9 heteroatoms. The fourth-order valence-corrected chi connectivity index (χ4v) is 4.39. The minimum atomic E-state index is -0.356. The number of anilines is 2. The summed E-state index contributed by atoms with van der Waals surface area (Å²) in [4.78, 5) is 25.5. The number of para-hydroxylation sites is 1. The maximum Gasteiger partial charge on any atom is 0.265 e. The summed E-state index contributed by atoms with van der Waals surface area (Å²) >= 11 is 4.21. The van der Waals surface area contributed by atoms with Crippen LogP contribution in [0.4, 0.5) is 10.8 Å². The highest BCUT2D eigenvalue weighted by Crippen LogP contribution is 2.28. The summed E-state index contributed by atoms with van der Waals surface area (Å²) in [7, 11) is 0. The van der Waals surface area contributed by atoms with E-state index in [-0.39, 0.29) is 11.8 Å². The van der Waals surface area contributed by atoms with Gasteiger partial charge in [0.2, 0.25) is 5.13 Å². The van der Waals surface area contributed by atoms with E-state index >= 15 is 0 Å². The number of amides is 2. The number of nitrogens with zero attached hydrogens (tertiary/aromatic N) is 2. The van der Waals surface area contributed by atoms with Gasteiger partial charge in [-0.25, -0.2) is 0 Å². The summed E-state index contributed by atoms with van der Waals surface area (Å²) in [6, 6.07) is 12.3. The Kier molecular flexibility index (Phi) is 5.05. The van der Waals surface area contributed by atoms with Gasteiger partial charge < -0.3 is 5.32 Å². The largest absolute Gasteiger partial charge is 0.321 e. The van der Waals surface area contributed by atoms with Crippen molar-refractivity contribution >= 4 is 56.6 Å². The smallest absolute Gasteiger partial charge is 0.265 e. The molecule has 0 fully saturated rings. The Morgan fingerprint density at radius 3 is 2.56 bits per heavy atom. The van der Waals surface area contributed by atoms with Crippen molar-refractivity contribution in [3.05, 3.63) is 69.0 Å². The van der Waals surface area contributed by atoms with Gasteiger partial charge in [-0.15, -0.1) is 21.5 Å². The molecule has 6 nitrogen and oxygen atoms in total. The molecule has 134 valence electrons. The first-order valence-corrected chi connectivity index (χ1v) is 10.5. The first-order chi connectivity index (χ1) is 13.2. The minimum absolute atomic E-state index is 0.249. The highest BCUT2D eigenvalue weighted by molar-refractivity contribution is 7.19. The topological polar surface area (TPSA) is 84.0 Å². The second-order valence-electron chi connectivity index (χ2n) is 5.36. The van der Waals surface area contributed by atoms with E-state index in [2.05, 4.69) is 20.8 Å². The number of rotatable bonds is 5. The first-order valence-electron chi connectivity index (χ1n) is 7.82. The predicted molar refractivity (Wildman–Crippen MR) is 110 cm³/mol. The number of aromatic nitrogens is 2. The minimum Gasteiger partial charge on any atom is -0.321 e. The van der Waals surface area contributed by atoms with Gasteiger partial charge >= 0.3 is 0 Å². The highest BCUT2D eigenvalue weighted by atomic mass is 32.1. The van der Waals surface area contributed by atoms with E-state index in [1.807, 2.05) is 22.2 Å². The molecule has 4 aromatic rings. The fraction of sp³-hybridized carbons (Fsp3) is 0. The number of benzene rings is 1. The maximum atomic E-state index is 12.7. The Balaban J connectivity index is 1.51. The van der Waals surface area contributed by atoms with Crippen LogP contribution in [0.25, 0.3) is 10.6 Å². The zero-order chi connectivity index (χ0) is 18.6. The lowest BCUT2D eigenvalue weighted by molar-refractivity contribution is 0.102. The molecule has 0 radical (unpaired) electrons. The maximum absolute atomic E-state index is 12.7. The van der Waals surface area contributed by atoms with E-state index in [1.165, 1.54) is 22.7 Å². The Morgan fingerprint density at radius 1 is 0.889 bits per heavy atom. The van der Waals surface area contributed by atoms with Crippen molar-refractivity contribution in [3.8, 4) is 10.6 Å². The van der Waals surface area contributed by atoms with Crippen LogP contribution < -0.4 is 10.6 Å². The number of carbonyl (C=O) groups is 2. The van der Waals surface area contributed by atoms with Crippen LogP contribution in [0.5, 0.6) is 0 Å². The van der Waals surface area contributed by atoms with Crippen molar-refractivity contribution in [2.24, 2.45) is 0 Å². The van der Waals surface area contributed by atoms with E-state index in [1.54, 1.807) is 47.7 Å². The summed E-state index contributed by atoms with van der Waals surface area (Å²) in [6.45, 7) is 0. The van der Waals surface area contributed by atoms with Gasteiger partial charge in [0.1, 0.15) is 5.01 Å². The molecule has 3 aromatic heterocycles. The van der Waals surface area contributed by atoms with Gasteiger partial charge in [0.05, 0.1) is 16.1 Å². The van der Waals surface area contributed by atoms with Crippen molar-refractivity contribution in [2.75, 3.05) is 10.6 Å². The van der Waals surface area contributed by atoms with Crippen molar-refractivity contribution in [3.63, 3.8) is 0 Å².